The third-order valence-electron chi connectivity index (χ3n) is 4.10. The standard InChI is InChI=1S/C19H17N5/c1-24-19-9-14(5-6-15(19)11-23-24)18-10-17(21-12-22-18)8-13-3-2-4-16(20)7-13/h2-7,9-12H,8,20H2,1H3. The van der Waals surface area contributed by atoms with E-state index >= 15 is 0 Å². The molecular weight excluding hydrogens is 298 g/mol. The summed E-state index contributed by atoms with van der Waals surface area (Å²) >= 11 is 0. The number of hydrogen-bond acceptors (Lipinski definition) is 4. The lowest BCUT2D eigenvalue weighted by Crippen LogP contribution is -1.96. The maximum absolute atomic E-state index is 5.85. The number of hydrogen-bond donors (Lipinski definition) is 1. The molecule has 2 N–H and O–H groups in total. The Morgan fingerprint density at radius 1 is 1.04 bits per heavy atom. The van der Waals surface area contributed by atoms with Gasteiger partial charge < -0.3 is 5.73 Å². The van der Waals surface area contributed by atoms with Crippen molar-refractivity contribution in [2.45, 2.75) is 6.42 Å². The third kappa shape index (κ3) is 2.72. The van der Waals surface area contributed by atoms with Crippen molar-refractivity contribution in [1.29, 1.82) is 0 Å². The van der Waals surface area contributed by atoms with Crippen molar-refractivity contribution in [2.24, 2.45) is 7.05 Å². The number of rotatable bonds is 3. The minimum Gasteiger partial charge on any atom is -0.399 e. The Morgan fingerprint density at radius 3 is 2.83 bits per heavy atom. The van der Waals surface area contributed by atoms with Gasteiger partial charge in [-0.25, -0.2) is 9.97 Å². The fourth-order valence-corrected chi connectivity index (χ4v) is 2.87. The van der Waals surface area contributed by atoms with E-state index in [-0.39, 0.29) is 0 Å². The first-order chi connectivity index (χ1) is 11.7. The highest BCUT2D eigenvalue weighted by molar-refractivity contribution is 5.83. The van der Waals surface area contributed by atoms with Crippen LogP contribution >= 0.6 is 0 Å². The summed E-state index contributed by atoms with van der Waals surface area (Å²) in [4.78, 5) is 8.81. The Bertz CT molecular complexity index is 1020. The van der Waals surface area contributed by atoms with Gasteiger partial charge in [0.05, 0.1) is 17.4 Å². The van der Waals surface area contributed by atoms with E-state index in [2.05, 4.69) is 39.3 Å². The van der Waals surface area contributed by atoms with Crippen molar-refractivity contribution >= 4 is 16.6 Å². The van der Waals surface area contributed by atoms with E-state index in [0.29, 0.717) is 0 Å². The molecule has 4 rings (SSSR count). The molecule has 0 atom stereocenters. The Hall–Kier alpha value is -3.21. The van der Waals surface area contributed by atoms with Gasteiger partial charge in [-0.1, -0.05) is 24.3 Å². The zero-order valence-electron chi connectivity index (χ0n) is 13.3. The van der Waals surface area contributed by atoms with Gasteiger partial charge in [0, 0.05) is 35.8 Å². The molecule has 4 aromatic rings. The van der Waals surface area contributed by atoms with Crippen LogP contribution in [0.2, 0.25) is 0 Å². The van der Waals surface area contributed by atoms with Crippen molar-refractivity contribution in [1.82, 2.24) is 19.7 Å². The zero-order chi connectivity index (χ0) is 16.5. The van der Waals surface area contributed by atoms with Crippen LogP contribution in [0.15, 0.2) is 61.1 Å². The van der Waals surface area contributed by atoms with Gasteiger partial charge in [0.1, 0.15) is 6.33 Å². The second-order valence-corrected chi connectivity index (χ2v) is 5.86. The molecule has 0 amide bonds. The summed E-state index contributed by atoms with van der Waals surface area (Å²) in [5, 5.41) is 5.40. The van der Waals surface area contributed by atoms with Crippen LogP contribution in [0.25, 0.3) is 22.2 Å². The Labute approximate surface area is 139 Å². The van der Waals surface area contributed by atoms with Gasteiger partial charge in [0.2, 0.25) is 0 Å². The highest BCUT2D eigenvalue weighted by Crippen LogP contribution is 2.23. The van der Waals surface area contributed by atoms with Gasteiger partial charge in [-0.3, -0.25) is 4.68 Å². The molecule has 0 fully saturated rings. The number of nitrogens with zero attached hydrogens (tertiary/aromatic N) is 4. The molecule has 2 heterocycles. The summed E-state index contributed by atoms with van der Waals surface area (Å²) in [6.07, 6.45) is 4.21. The highest BCUT2D eigenvalue weighted by Gasteiger charge is 2.06. The molecule has 0 aliphatic heterocycles. The highest BCUT2D eigenvalue weighted by atomic mass is 15.2. The molecular formula is C19H17N5. The average Bonchev–Trinajstić information content (AvgIpc) is 2.96. The van der Waals surface area contributed by atoms with Crippen molar-refractivity contribution in [3.63, 3.8) is 0 Å². The molecule has 0 aliphatic rings. The predicted octanol–water partition coefficient (Wildman–Crippen LogP) is 3.20. The normalized spacial score (nSPS) is 11.0. The molecule has 118 valence electrons. The lowest BCUT2D eigenvalue weighted by Gasteiger charge is -2.06. The summed E-state index contributed by atoms with van der Waals surface area (Å²) in [7, 11) is 1.94. The van der Waals surface area contributed by atoms with Gasteiger partial charge in [0.15, 0.2) is 0 Å². The molecule has 2 aromatic carbocycles. The minimum absolute atomic E-state index is 0.731. The molecule has 0 saturated carbocycles. The molecule has 0 aliphatic carbocycles. The van der Waals surface area contributed by atoms with Crippen molar-refractivity contribution < 1.29 is 0 Å². The predicted molar refractivity (Wildman–Crippen MR) is 95.4 cm³/mol. The largest absolute Gasteiger partial charge is 0.399 e. The maximum Gasteiger partial charge on any atom is 0.116 e. The summed E-state index contributed by atoms with van der Waals surface area (Å²) in [6, 6.07) is 16.1. The molecule has 24 heavy (non-hydrogen) atoms. The Morgan fingerprint density at radius 2 is 1.96 bits per heavy atom. The minimum atomic E-state index is 0.731. The molecule has 0 spiro atoms. The molecule has 5 heteroatoms. The first kappa shape index (κ1) is 14.4. The van der Waals surface area contributed by atoms with E-state index in [1.165, 1.54) is 0 Å². The molecule has 0 bridgehead atoms. The molecule has 0 saturated heterocycles. The van der Waals surface area contributed by atoms with Gasteiger partial charge >= 0.3 is 0 Å². The number of nitrogens with two attached hydrogens (primary N) is 1. The summed E-state index contributed by atoms with van der Waals surface area (Å²) in [5.41, 5.74) is 11.8. The van der Waals surface area contributed by atoms with Crippen LogP contribution in [-0.4, -0.2) is 19.7 Å². The van der Waals surface area contributed by atoms with Gasteiger partial charge in [-0.2, -0.15) is 5.10 Å². The Kier molecular flexibility index (Phi) is 3.46. The second kappa shape index (κ2) is 5.77. The van der Waals surface area contributed by atoms with Crippen LogP contribution in [0.5, 0.6) is 0 Å². The summed E-state index contributed by atoms with van der Waals surface area (Å²) < 4.78 is 1.87. The third-order valence-corrected chi connectivity index (χ3v) is 4.10. The quantitative estimate of drug-likeness (QED) is 0.589. The smallest absolute Gasteiger partial charge is 0.116 e. The number of aromatic nitrogens is 4. The lowest BCUT2D eigenvalue weighted by atomic mass is 10.1. The average molecular weight is 315 g/mol. The van der Waals surface area contributed by atoms with Crippen LogP contribution in [0, 0.1) is 0 Å². The molecule has 5 nitrogen and oxygen atoms in total. The van der Waals surface area contributed by atoms with Crippen molar-refractivity contribution in [3.8, 4) is 11.3 Å². The maximum atomic E-state index is 5.85. The first-order valence-corrected chi connectivity index (χ1v) is 7.76. The van der Waals surface area contributed by atoms with E-state index < -0.39 is 0 Å². The van der Waals surface area contributed by atoms with Crippen LogP contribution < -0.4 is 5.73 Å². The van der Waals surface area contributed by atoms with E-state index in [9.17, 15) is 0 Å². The Balaban J connectivity index is 1.69. The van der Waals surface area contributed by atoms with Crippen molar-refractivity contribution in [2.75, 3.05) is 5.73 Å². The number of anilines is 1. The zero-order valence-corrected chi connectivity index (χ0v) is 13.3. The molecule has 0 radical (unpaired) electrons. The summed E-state index contributed by atoms with van der Waals surface area (Å²) in [5.74, 6) is 0. The topological polar surface area (TPSA) is 69.6 Å². The fourth-order valence-electron chi connectivity index (χ4n) is 2.87. The van der Waals surface area contributed by atoms with Crippen LogP contribution in [0.1, 0.15) is 11.3 Å². The lowest BCUT2D eigenvalue weighted by molar-refractivity contribution is 0.797. The monoisotopic (exact) mass is 315 g/mol. The fraction of sp³-hybridized carbons (Fsp3) is 0.105. The number of benzene rings is 2. The van der Waals surface area contributed by atoms with Crippen LogP contribution in [-0.2, 0) is 13.5 Å². The van der Waals surface area contributed by atoms with Gasteiger partial charge in [-0.05, 0) is 29.8 Å². The molecule has 0 unspecified atom stereocenters. The van der Waals surface area contributed by atoms with Gasteiger partial charge in [0.25, 0.3) is 0 Å². The van der Waals surface area contributed by atoms with Gasteiger partial charge in [-0.15, -0.1) is 0 Å². The van der Waals surface area contributed by atoms with Crippen molar-refractivity contribution in [3.05, 3.63) is 72.3 Å². The number of nitrogen functional groups attached to an aromatic ring is 1. The van der Waals surface area contributed by atoms with E-state index in [1.807, 2.05) is 42.2 Å². The SMILES string of the molecule is Cn1ncc2ccc(-c3cc(Cc4cccc(N)c4)ncn3)cc21. The number of fused-ring (bicyclic) bond motifs is 1. The first-order valence-electron chi connectivity index (χ1n) is 7.76. The second-order valence-electron chi connectivity index (χ2n) is 5.86. The van der Waals surface area contributed by atoms with Crippen LogP contribution in [0.4, 0.5) is 5.69 Å². The number of aryl methyl sites for hydroxylation is 1. The van der Waals surface area contributed by atoms with Crippen LogP contribution in [0.3, 0.4) is 0 Å². The molecule has 2 aromatic heterocycles. The van der Waals surface area contributed by atoms with E-state index in [1.54, 1.807) is 6.33 Å². The van der Waals surface area contributed by atoms with E-state index in [0.717, 1.165) is 45.5 Å². The summed E-state index contributed by atoms with van der Waals surface area (Å²) in [6.45, 7) is 0. The van der Waals surface area contributed by atoms with E-state index in [4.69, 9.17) is 5.73 Å².